The van der Waals surface area contributed by atoms with Gasteiger partial charge in [-0.25, -0.2) is 0 Å². The molecule has 1 heteroatoms. The van der Waals surface area contributed by atoms with Crippen LogP contribution in [0.25, 0.3) is 0 Å². The van der Waals surface area contributed by atoms with Crippen molar-refractivity contribution in [3.05, 3.63) is 0 Å². The fraction of sp³-hybridized carbons (Fsp3) is 1.00. The van der Waals surface area contributed by atoms with Gasteiger partial charge >= 0.3 is 0 Å². The minimum absolute atomic E-state index is 0.199. The highest BCUT2D eigenvalue weighted by Crippen LogP contribution is 2.45. The molecule has 1 aliphatic rings. The normalized spacial score (nSPS) is 30.0. The van der Waals surface area contributed by atoms with E-state index in [9.17, 15) is 0 Å². The lowest BCUT2D eigenvalue weighted by atomic mass is 9.73. The molecule has 15 heavy (non-hydrogen) atoms. The zero-order valence-electron chi connectivity index (χ0n) is 11.2. The lowest BCUT2D eigenvalue weighted by Crippen LogP contribution is -2.36. The van der Waals surface area contributed by atoms with E-state index in [1.165, 1.54) is 25.7 Å². The molecular formula is C14H28O. The van der Waals surface area contributed by atoms with Gasteiger partial charge in [0, 0.05) is 0 Å². The lowest BCUT2D eigenvalue weighted by molar-refractivity contribution is -0.0323. The highest BCUT2D eigenvalue weighted by atomic mass is 16.5. The maximum Gasteiger partial charge on any atom is 0.0709 e. The summed E-state index contributed by atoms with van der Waals surface area (Å²) in [6, 6.07) is 0. The molecule has 0 aromatic carbocycles. The second kappa shape index (κ2) is 5.34. The van der Waals surface area contributed by atoms with Gasteiger partial charge in [0.2, 0.25) is 0 Å². The van der Waals surface area contributed by atoms with E-state index in [0.717, 1.165) is 24.4 Å². The number of rotatable bonds is 5. The van der Waals surface area contributed by atoms with Gasteiger partial charge in [0.1, 0.15) is 0 Å². The van der Waals surface area contributed by atoms with Crippen molar-refractivity contribution >= 4 is 0 Å². The van der Waals surface area contributed by atoms with Crippen molar-refractivity contribution in [2.75, 3.05) is 6.61 Å². The summed E-state index contributed by atoms with van der Waals surface area (Å²) < 4.78 is 6.16. The van der Waals surface area contributed by atoms with E-state index in [0.29, 0.717) is 0 Å². The third-order valence-corrected chi connectivity index (χ3v) is 4.28. The van der Waals surface area contributed by atoms with Crippen LogP contribution in [0.5, 0.6) is 0 Å². The number of ether oxygens (including phenoxy) is 1. The fourth-order valence-electron chi connectivity index (χ4n) is 3.22. The third-order valence-electron chi connectivity index (χ3n) is 4.28. The molecule has 90 valence electrons. The van der Waals surface area contributed by atoms with Crippen LogP contribution in [0.1, 0.15) is 60.3 Å². The van der Waals surface area contributed by atoms with Crippen LogP contribution < -0.4 is 0 Å². The quantitative estimate of drug-likeness (QED) is 0.661. The maximum atomic E-state index is 6.16. The topological polar surface area (TPSA) is 9.23 Å². The molecule has 1 fully saturated rings. The minimum Gasteiger partial charge on any atom is -0.374 e. The van der Waals surface area contributed by atoms with Crippen LogP contribution in [-0.4, -0.2) is 12.2 Å². The van der Waals surface area contributed by atoms with Gasteiger partial charge in [-0.1, -0.05) is 41.0 Å². The molecule has 0 aliphatic carbocycles. The Kier molecular flexibility index (Phi) is 4.64. The van der Waals surface area contributed by atoms with E-state index in [1.54, 1.807) is 0 Å². The molecule has 1 nitrogen and oxygen atoms in total. The van der Waals surface area contributed by atoms with Crippen molar-refractivity contribution in [3.8, 4) is 0 Å². The number of hydrogen-bond acceptors (Lipinski definition) is 1. The Morgan fingerprint density at radius 2 is 1.80 bits per heavy atom. The fourth-order valence-corrected chi connectivity index (χ4v) is 3.22. The molecule has 0 aromatic rings. The summed E-state index contributed by atoms with van der Waals surface area (Å²) in [6.07, 6.45) is 4.97. The lowest BCUT2D eigenvalue weighted by Gasteiger charge is -2.35. The van der Waals surface area contributed by atoms with Gasteiger partial charge in [0.15, 0.2) is 0 Å². The van der Waals surface area contributed by atoms with Crippen molar-refractivity contribution < 1.29 is 4.74 Å². The Morgan fingerprint density at radius 3 is 2.20 bits per heavy atom. The summed E-state index contributed by atoms with van der Waals surface area (Å²) >= 11 is 0. The van der Waals surface area contributed by atoms with Gasteiger partial charge in [0.05, 0.1) is 12.2 Å². The average molecular weight is 212 g/mol. The van der Waals surface area contributed by atoms with Crippen molar-refractivity contribution in [1.82, 2.24) is 0 Å². The maximum absolute atomic E-state index is 6.16. The molecule has 0 saturated carbocycles. The second-order valence-electron chi connectivity index (χ2n) is 5.49. The largest absolute Gasteiger partial charge is 0.374 e. The molecule has 1 rings (SSSR count). The molecule has 0 N–H and O–H groups in total. The van der Waals surface area contributed by atoms with E-state index in [-0.39, 0.29) is 5.60 Å². The Balaban J connectivity index is 2.78. The Morgan fingerprint density at radius 1 is 1.20 bits per heavy atom. The summed E-state index contributed by atoms with van der Waals surface area (Å²) in [5.41, 5.74) is 0.199. The van der Waals surface area contributed by atoms with Crippen LogP contribution >= 0.6 is 0 Å². The SMILES string of the molecule is CCC1COC(CC)(CC)C1CC(C)C. The van der Waals surface area contributed by atoms with Crippen molar-refractivity contribution in [3.63, 3.8) is 0 Å². The zero-order chi connectivity index (χ0) is 11.5. The number of hydrogen-bond donors (Lipinski definition) is 0. The van der Waals surface area contributed by atoms with Crippen molar-refractivity contribution in [2.45, 2.75) is 65.9 Å². The molecule has 2 unspecified atom stereocenters. The smallest absolute Gasteiger partial charge is 0.0709 e. The van der Waals surface area contributed by atoms with E-state index >= 15 is 0 Å². The van der Waals surface area contributed by atoms with Crippen LogP contribution in [-0.2, 0) is 4.74 Å². The van der Waals surface area contributed by atoms with Crippen LogP contribution in [0.15, 0.2) is 0 Å². The van der Waals surface area contributed by atoms with E-state index in [4.69, 9.17) is 4.74 Å². The molecule has 0 aromatic heterocycles. The Bertz CT molecular complexity index is 182. The molecule has 0 radical (unpaired) electrons. The first-order valence-corrected chi connectivity index (χ1v) is 6.73. The monoisotopic (exact) mass is 212 g/mol. The molecule has 0 amide bonds. The Hall–Kier alpha value is -0.0400. The summed E-state index contributed by atoms with van der Waals surface area (Å²) in [4.78, 5) is 0. The summed E-state index contributed by atoms with van der Waals surface area (Å²) in [5, 5.41) is 0. The second-order valence-corrected chi connectivity index (χ2v) is 5.49. The van der Waals surface area contributed by atoms with Crippen molar-refractivity contribution in [1.29, 1.82) is 0 Å². The van der Waals surface area contributed by atoms with E-state index < -0.39 is 0 Å². The van der Waals surface area contributed by atoms with Crippen LogP contribution in [0.2, 0.25) is 0 Å². The predicted octanol–water partition coefficient (Wildman–Crippen LogP) is 4.26. The average Bonchev–Trinajstić information content (AvgIpc) is 2.56. The summed E-state index contributed by atoms with van der Waals surface area (Å²) in [6.45, 7) is 12.5. The van der Waals surface area contributed by atoms with Gasteiger partial charge in [-0.2, -0.15) is 0 Å². The molecule has 0 bridgehead atoms. The van der Waals surface area contributed by atoms with Crippen LogP contribution in [0.4, 0.5) is 0 Å². The van der Waals surface area contributed by atoms with E-state index in [1.807, 2.05) is 0 Å². The standard InChI is InChI=1S/C14H28O/c1-6-12-10-15-14(7-2,8-3)13(12)9-11(4)5/h11-13H,6-10H2,1-5H3. The van der Waals surface area contributed by atoms with Gasteiger partial charge in [-0.15, -0.1) is 0 Å². The highest BCUT2D eigenvalue weighted by molar-refractivity contribution is 4.95. The minimum atomic E-state index is 0.199. The molecule has 2 atom stereocenters. The van der Waals surface area contributed by atoms with Crippen LogP contribution in [0, 0.1) is 17.8 Å². The van der Waals surface area contributed by atoms with E-state index in [2.05, 4.69) is 34.6 Å². The molecule has 1 saturated heterocycles. The first-order valence-electron chi connectivity index (χ1n) is 6.73. The molecule has 1 aliphatic heterocycles. The predicted molar refractivity (Wildman–Crippen MR) is 66.0 cm³/mol. The van der Waals surface area contributed by atoms with Gasteiger partial charge in [0.25, 0.3) is 0 Å². The molecular weight excluding hydrogens is 184 g/mol. The Labute approximate surface area is 95.6 Å². The van der Waals surface area contributed by atoms with Crippen LogP contribution in [0.3, 0.4) is 0 Å². The summed E-state index contributed by atoms with van der Waals surface area (Å²) in [5.74, 6) is 2.38. The molecule has 0 spiro atoms. The first kappa shape index (κ1) is 13.0. The van der Waals surface area contributed by atoms with Crippen molar-refractivity contribution in [2.24, 2.45) is 17.8 Å². The third kappa shape index (κ3) is 2.55. The zero-order valence-corrected chi connectivity index (χ0v) is 11.2. The van der Waals surface area contributed by atoms with Gasteiger partial charge < -0.3 is 4.74 Å². The van der Waals surface area contributed by atoms with Gasteiger partial charge in [-0.3, -0.25) is 0 Å². The highest BCUT2D eigenvalue weighted by Gasteiger charge is 2.46. The first-order chi connectivity index (χ1) is 7.09. The molecule has 1 heterocycles. The summed E-state index contributed by atoms with van der Waals surface area (Å²) in [7, 11) is 0. The van der Waals surface area contributed by atoms with Gasteiger partial charge in [-0.05, 0) is 37.0 Å².